The zero-order valence-electron chi connectivity index (χ0n) is 8.11. The summed E-state index contributed by atoms with van der Waals surface area (Å²) in [4.78, 5) is 3.94. The highest BCUT2D eigenvalue weighted by atomic mass is 16.5. The summed E-state index contributed by atoms with van der Waals surface area (Å²) in [5.74, 6) is 0.685. The minimum atomic E-state index is 0.401. The number of hydrogen-bond acceptors (Lipinski definition) is 5. The van der Waals surface area contributed by atoms with E-state index in [1.54, 1.807) is 0 Å². The van der Waals surface area contributed by atoms with Gasteiger partial charge in [0, 0.05) is 26.1 Å². The third-order valence-corrected chi connectivity index (χ3v) is 2.32. The molecule has 0 bridgehead atoms. The Morgan fingerprint density at radius 2 is 2.57 bits per heavy atom. The normalized spacial score (nSPS) is 21.6. The lowest BCUT2D eigenvalue weighted by Crippen LogP contribution is -2.27. The van der Waals surface area contributed by atoms with Crippen LogP contribution >= 0.6 is 0 Å². The van der Waals surface area contributed by atoms with Gasteiger partial charge < -0.3 is 14.6 Å². The molecular formula is C9H15N3O2. The first-order chi connectivity index (χ1) is 6.95. The monoisotopic (exact) mass is 197 g/mol. The van der Waals surface area contributed by atoms with Crippen molar-refractivity contribution in [2.75, 3.05) is 19.7 Å². The molecule has 2 heterocycles. The number of nitrogens with one attached hydrogen (secondary N) is 1. The molecule has 0 aliphatic carbocycles. The summed E-state index contributed by atoms with van der Waals surface area (Å²) in [6.07, 6.45) is 4.98. The van der Waals surface area contributed by atoms with E-state index in [9.17, 15) is 0 Å². The molecule has 78 valence electrons. The smallest absolute Gasteiger partial charge is 0.227 e. The zero-order chi connectivity index (χ0) is 9.64. The first-order valence-electron chi connectivity index (χ1n) is 5.03. The van der Waals surface area contributed by atoms with Gasteiger partial charge in [0.2, 0.25) is 5.89 Å². The van der Waals surface area contributed by atoms with Crippen LogP contribution in [0.4, 0.5) is 0 Å². The summed E-state index contributed by atoms with van der Waals surface area (Å²) in [7, 11) is 0. The van der Waals surface area contributed by atoms with Crippen molar-refractivity contribution in [1.29, 1.82) is 0 Å². The van der Waals surface area contributed by atoms with Gasteiger partial charge in [0.1, 0.15) is 0 Å². The van der Waals surface area contributed by atoms with Crippen molar-refractivity contribution in [3.63, 3.8) is 0 Å². The highest BCUT2D eigenvalue weighted by molar-refractivity contribution is 4.76. The fraction of sp³-hybridized carbons (Fsp3) is 0.778. The number of aromatic nitrogens is 2. The first kappa shape index (κ1) is 9.61. The Labute approximate surface area is 82.8 Å². The van der Waals surface area contributed by atoms with Crippen LogP contribution < -0.4 is 5.32 Å². The van der Waals surface area contributed by atoms with Crippen LogP contribution in [0.15, 0.2) is 10.9 Å². The van der Waals surface area contributed by atoms with E-state index in [1.807, 2.05) is 0 Å². The summed E-state index contributed by atoms with van der Waals surface area (Å²) in [5.41, 5.74) is 0. The van der Waals surface area contributed by atoms with Gasteiger partial charge in [0.05, 0.1) is 6.10 Å². The molecule has 1 aromatic heterocycles. The third kappa shape index (κ3) is 2.78. The standard InChI is InChI=1S/C9H15N3O2/c1-2-8(13-5-1)6-10-4-3-9-11-7-12-14-9/h7-8,10H,1-6H2. The van der Waals surface area contributed by atoms with Crippen LogP contribution in [0.1, 0.15) is 18.7 Å². The molecular weight excluding hydrogens is 182 g/mol. The summed E-state index contributed by atoms with van der Waals surface area (Å²) in [6, 6.07) is 0. The van der Waals surface area contributed by atoms with Crippen LogP contribution in [0.25, 0.3) is 0 Å². The molecule has 1 aliphatic rings. The Morgan fingerprint density at radius 3 is 3.29 bits per heavy atom. The van der Waals surface area contributed by atoms with Crippen molar-refractivity contribution in [3.8, 4) is 0 Å². The fourth-order valence-electron chi connectivity index (χ4n) is 1.57. The molecule has 14 heavy (non-hydrogen) atoms. The second-order valence-corrected chi connectivity index (χ2v) is 3.42. The van der Waals surface area contributed by atoms with Gasteiger partial charge in [0.25, 0.3) is 0 Å². The summed E-state index contributed by atoms with van der Waals surface area (Å²) < 4.78 is 10.3. The molecule has 1 aliphatic heterocycles. The van der Waals surface area contributed by atoms with E-state index in [4.69, 9.17) is 9.26 Å². The molecule has 0 radical (unpaired) electrons. The maximum absolute atomic E-state index is 5.48. The van der Waals surface area contributed by atoms with Crippen LogP contribution in [0, 0.1) is 0 Å². The molecule has 1 unspecified atom stereocenters. The molecule has 1 N–H and O–H groups in total. The van der Waals surface area contributed by atoms with Crippen molar-refractivity contribution in [1.82, 2.24) is 15.5 Å². The van der Waals surface area contributed by atoms with Gasteiger partial charge in [-0.05, 0) is 12.8 Å². The molecule has 0 saturated carbocycles. The SMILES string of the molecule is c1noc(CCNCC2CCCO2)n1. The van der Waals surface area contributed by atoms with Crippen molar-refractivity contribution < 1.29 is 9.26 Å². The first-order valence-corrected chi connectivity index (χ1v) is 5.03. The topological polar surface area (TPSA) is 60.2 Å². The summed E-state index contributed by atoms with van der Waals surface area (Å²) >= 11 is 0. The molecule has 5 nitrogen and oxygen atoms in total. The van der Waals surface area contributed by atoms with E-state index in [1.165, 1.54) is 19.2 Å². The van der Waals surface area contributed by atoms with Gasteiger partial charge in [-0.25, -0.2) is 0 Å². The second-order valence-electron chi connectivity index (χ2n) is 3.42. The predicted molar refractivity (Wildman–Crippen MR) is 49.8 cm³/mol. The second kappa shape index (κ2) is 5.07. The maximum atomic E-state index is 5.48. The largest absolute Gasteiger partial charge is 0.377 e. The van der Waals surface area contributed by atoms with Gasteiger partial charge in [-0.3, -0.25) is 0 Å². The van der Waals surface area contributed by atoms with Crippen LogP contribution in [0.5, 0.6) is 0 Å². The Hall–Kier alpha value is -0.940. The lowest BCUT2D eigenvalue weighted by atomic mass is 10.2. The molecule has 0 spiro atoms. The Balaban J connectivity index is 1.55. The summed E-state index contributed by atoms with van der Waals surface area (Å²) in [5, 5.41) is 6.85. The van der Waals surface area contributed by atoms with Gasteiger partial charge >= 0.3 is 0 Å². The van der Waals surface area contributed by atoms with Crippen molar-refractivity contribution in [2.45, 2.75) is 25.4 Å². The molecule has 5 heteroatoms. The van der Waals surface area contributed by atoms with Gasteiger partial charge in [-0.1, -0.05) is 5.16 Å². The Bertz CT molecular complexity index is 245. The molecule has 2 rings (SSSR count). The van der Waals surface area contributed by atoms with E-state index in [2.05, 4.69) is 15.5 Å². The van der Waals surface area contributed by atoms with E-state index in [0.29, 0.717) is 12.0 Å². The molecule has 1 saturated heterocycles. The Morgan fingerprint density at radius 1 is 1.57 bits per heavy atom. The average Bonchev–Trinajstić information content (AvgIpc) is 2.86. The van der Waals surface area contributed by atoms with E-state index in [-0.39, 0.29) is 0 Å². The van der Waals surface area contributed by atoms with E-state index in [0.717, 1.165) is 26.1 Å². The van der Waals surface area contributed by atoms with Crippen molar-refractivity contribution in [3.05, 3.63) is 12.2 Å². The quantitative estimate of drug-likeness (QED) is 0.691. The van der Waals surface area contributed by atoms with Gasteiger partial charge in [0.15, 0.2) is 6.33 Å². The van der Waals surface area contributed by atoms with Crippen LogP contribution in [0.3, 0.4) is 0 Å². The molecule has 0 aromatic carbocycles. The molecule has 1 fully saturated rings. The van der Waals surface area contributed by atoms with Gasteiger partial charge in [-0.2, -0.15) is 4.98 Å². The molecule has 0 amide bonds. The van der Waals surface area contributed by atoms with E-state index < -0.39 is 0 Å². The molecule has 1 atom stereocenters. The zero-order valence-corrected chi connectivity index (χ0v) is 8.11. The van der Waals surface area contributed by atoms with E-state index >= 15 is 0 Å². The van der Waals surface area contributed by atoms with Crippen LogP contribution in [-0.2, 0) is 11.2 Å². The minimum Gasteiger partial charge on any atom is -0.377 e. The lowest BCUT2D eigenvalue weighted by molar-refractivity contribution is 0.110. The average molecular weight is 197 g/mol. The number of ether oxygens (including phenoxy) is 1. The lowest BCUT2D eigenvalue weighted by Gasteiger charge is -2.09. The molecule has 1 aromatic rings. The van der Waals surface area contributed by atoms with Gasteiger partial charge in [-0.15, -0.1) is 0 Å². The number of rotatable bonds is 5. The highest BCUT2D eigenvalue weighted by Crippen LogP contribution is 2.10. The third-order valence-electron chi connectivity index (χ3n) is 2.32. The fourth-order valence-corrected chi connectivity index (χ4v) is 1.57. The maximum Gasteiger partial charge on any atom is 0.227 e. The number of hydrogen-bond donors (Lipinski definition) is 1. The Kier molecular flexibility index (Phi) is 3.48. The highest BCUT2D eigenvalue weighted by Gasteiger charge is 2.14. The van der Waals surface area contributed by atoms with Crippen LogP contribution in [0.2, 0.25) is 0 Å². The van der Waals surface area contributed by atoms with Crippen molar-refractivity contribution in [2.24, 2.45) is 0 Å². The minimum absolute atomic E-state index is 0.401. The van der Waals surface area contributed by atoms with Crippen molar-refractivity contribution >= 4 is 0 Å². The van der Waals surface area contributed by atoms with Crippen LogP contribution in [-0.4, -0.2) is 35.9 Å². The number of nitrogens with zero attached hydrogens (tertiary/aromatic N) is 2. The predicted octanol–water partition coefficient (Wildman–Crippen LogP) is 0.381. The summed E-state index contributed by atoms with van der Waals surface area (Å²) in [6.45, 7) is 2.70.